The number of amides is 1. The lowest BCUT2D eigenvalue weighted by atomic mass is 10.1. The van der Waals surface area contributed by atoms with Gasteiger partial charge in [0.25, 0.3) is 0 Å². The molecule has 1 amide bonds. The molecule has 1 saturated heterocycles. The zero-order valence-electron chi connectivity index (χ0n) is 17.7. The van der Waals surface area contributed by atoms with Crippen LogP contribution in [0.3, 0.4) is 0 Å². The topological polar surface area (TPSA) is 68.8 Å². The van der Waals surface area contributed by atoms with E-state index in [0.717, 1.165) is 37.6 Å². The second-order valence-corrected chi connectivity index (χ2v) is 8.84. The van der Waals surface area contributed by atoms with Crippen molar-refractivity contribution in [3.63, 3.8) is 0 Å². The minimum atomic E-state index is -0.246. The van der Waals surface area contributed by atoms with Gasteiger partial charge in [-0.15, -0.1) is 0 Å². The number of benzene rings is 1. The summed E-state index contributed by atoms with van der Waals surface area (Å²) in [4.78, 5) is 18.8. The Labute approximate surface area is 174 Å². The third kappa shape index (κ3) is 7.23. The van der Waals surface area contributed by atoms with Gasteiger partial charge < -0.3 is 20.9 Å². The molecule has 0 radical (unpaired) electrons. The highest BCUT2D eigenvalue weighted by Crippen LogP contribution is 2.29. The van der Waals surface area contributed by atoms with Gasteiger partial charge in [0.05, 0.1) is 0 Å². The first-order valence-electron chi connectivity index (χ1n) is 10.0. The molecule has 1 atom stereocenters. The summed E-state index contributed by atoms with van der Waals surface area (Å²) in [5.41, 5.74) is 2.22. The number of hydrogen-bond donors (Lipinski definition) is 3. The molecular formula is C21H34ClN5O. The fourth-order valence-electron chi connectivity index (χ4n) is 3.33. The van der Waals surface area contributed by atoms with Gasteiger partial charge >= 0.3 is 0 Å². The van der Waals surface area contributed by atoms with Crippen LogP contribution >= 0.6 is 11.6 Å². The van der Waals surface area contributed by atoms with E-state index in [1.165, 1.54) is 11.3 Å². The van der Waals surface area contributed by atoms with E-state index in [-0.39, 0.29) is 18.0 Å². The average Bonchev–Trinajstić information content (AvgIpc) is 3.07. The lowest BCUT2D eigenvalue weighted by Crippen LogP contribution is -2.44. The van der Waals surface area contributed by atoms with Crippen LogP contribution in [0.4, 0.5) is 5.69 Å². The van der Waals surface area contributed by atoms with E-state index in [2.05, 4.69) is 38.8 Å². The highest BCUT2D eigenvalue weighted by atomic mass is 35.5. The number of halogens is 1. The van der Waals surface area contributed by atoms with Gasteiger partial charge in [-0.05, 0) is 64.7 Å². The highest BCUT2D eigenvalue weighted by Gasteiger charge is 2.24. The molecule has 1 heterocycles. The minimum absolute atomic E-state index is 0.0758. The van der Waals surface area contributed by atoms with Crippen molar-refractivity contribution in [2.24, 2.45) is 10.9 Å². The number of carbonyl (C=O) groups is 1. The van der Waals surface area contributed by atoms with Crippen LogP contribution < -0.4 is 20.9 Å². The summed E-state index contributed by atoms with van der Waals surface area (Å²) in [6.45, 7) is 13.7. The van der Waals surface area contributed by atoms with Crippen LogP contribution in [0, 0.1) is 12.8 Å². The van der Waals surface area contributed by atoms with E-state index >= 15 is 0 Å². The van der Waals surface area contributed by atoms with E-state index in [4.69, 9.17) is 11.6 Å². The number of nitrogens with one attached hydrogen (secondary N) is 3. The van der Waals surface area contributed by atoms with Crippen molar-refractivity contribution in [1.29, 1.82) is 0 Å². The van der Waals surface area contributed by atoms with Crippen LogP contribution in [-0.2, 0) is 4.79 Å². The Morgan fingerprint density at radius 1 is 1.32 bits per heavy atom. The second kappa shape index (κ2) is 10.0. The molecule has 7 heteroatoms. The van der Waals surface area contributed by atoms with E-state index in [1.54, 1.807) is 0 Å². The Morgan fingerprint density at radius 3 is 2.75 bits per heavy atom. The first-order chi connectivity index (χ1) is 13.2. The smallest absolute Gasteiger partial charge is 0.242 e. The molecule has 0 bridgehead atoms. The Morgan fingerprint density at radius 2 is 2.07 bits per heavy atom. The molecular weight excluding hydrogens is 374 g/mol. The number of carbonyl (C=O) groups excluding carboxylic acids is 1. The summed E-state index contributed by atoms with van der Waals surface area (Å²) in [6.07, 6.45) is 1.11. The Kier molecular flexibility index (Phi) is 7.98. The number of hydrogen-bond acceptors (Lipinski definition) is 3. The van der Waals surface area contributed by atoms with Gasteiger partial charge in [-0.2, -0.15) is 0 Å². The maximum absolute atomic E-state index is 12.0. The largest absolute Gasteiger partial charge is 0.371 e. The third-order valence-corrected chi connectivity index (χ3v) is 4.83. The van der Waals surface area contributed by atoms with Gasteiger partial charge in [0.1, 0.15) is 6.54 Å². The monoisotopic (exact) mass is 407 g/mol. The van der Waals surface area contributed by atoms with Gasteiger partial charge in [0.15, 0.2) is 5.96 Å². The van der Waals surface area contributed by atoms with E-state index in [0.29, 0.717) is 11.9 Å². The zero-order chi connectivity index (χ0) is 20.7. The first kappa shape index (κ1) is 22.3. The summed E-state index contributed by atoms with van der Waals surface area (Å²) >= 11 is 6.17. The van der Waals surface area contributed by atoms with Crippen LogP contribution in [0.15, 0.2) is 23.2 Å². The summed E-state index contributed by atoms with van der Waals surface area (Å²) in [5, 5.41) is 10.3. The SMILES string of the molecule is CCNC(=NCC(=O)NC(C)(C)C)NCC1CCN(c2cc(Cl)ccc2C)C1. The molecule has 2 rings (SSSR count). The average molecular weight is 408 g/mol. The third-order valence-electron chi connectivity index (χ3n) is 4.60. The van der Waals surface area contributed by atoms with E-state index in [9.17, 15) is 4.79 Å². The van der Waals surface area contributed by atoms with Gasteiger partial charge in [0.2, 0.25) is 5.91 Å². The van der Waals surface area contributed by atoms with Gasteiger partial charge in [-0.3, -0.25) is 4.79 Å². The number of guanidine groups is 1. The molecule has 3 N–H and O–H groups in total. The van der Waals surface area contributed by atoms with Crippen LogP contribution in [0.5, 0.6) is 0 Å². The van der Waals surface area contributed by atoms with Gasteiger partial charge in [-0.1, -0.05) is 17.7 Å². The molecule has 1 aliphatic rings. The molecule has 1 unspecified atom stereocenters. The summed E-state index contributed by atoms with van der Waals surface area (Å²) in [6, 6.07) is 6.05. The predicted octanol–water partition coefficient (Wildman–Crippen LogP) is 2.94. The minimum Gasteiger partial charge on any atom is -0.371 e. The van der Waals surface area contributed by atoms with Crippen molar-refractivity contribution < 1.29 is 4.79 Å². The van der Waals surface area contributed by atoms with Crippen LogP contribution in [0.1, 0.15) is 39.7 Å². The number of anilines is 1. The van der Waals surface area contributed by atoms with Gasteiger partial charge in [-0.25, -0.2) is 4.99 Å². The summed E-state index contributed by atoms with van der Waals surface area (Å²) in [5.74, 6) is 1.13. The number of aliphatic imine (C=N–C) groups is 1. The van der Waals surface area contributed by atoms with Crippen molar-refractivity contribution in [2.75, 3.05) is 37.6 Å². The molecule has 0 spiro atoms. The lowest BCUT2D eigenvalue weighted by molar-refractivity contribution is -0.121. The molecule has 1 aromatic carbocycles. The molecule has 0 aromatic heterocycles. The first-order valence-corrected chi connectivity index (χ1v) is 10.4. The maximum atomic E-state index is 12.0. The van der Waals surface area contributed by atoms with Crippen LogP contribution in [0.25, 0.3) is 0 Å². The predicted molar refractivity (Wildman–Crippen MR) is 118 cm³/mol. The highest BCUT2D eigenvalue weighted by molar-refractivity contribution is 6.30. The molecule has 0 saturated carbocycles. The second-order valence-electron chi connectivity index (χ2n) is 8.41. The molecule has 1 fully saturated rings. The van der Waals surface area contributed by atoms with Crippen molar-refractivity contribution in [3.05, 3.63) is 28.8 Å². The van der Waals surface area contributed by atoms with Crippen LogP contribution in [0.2, 0.25) is 5.02 Å². The number of rotatable bonds is 6. The van der Waals surface area contributed by atoms with Crippen molar-refractivity contribution in [3.8, 4) is 0 Å². The zero-order valence-corrected chi connectivity index (χ0v) is 18.5. The molecule has 1 aliphatic heterocycles. The van der Waals surface area contributed by atoms with Crippen molar-refractivity contribution in [2.45, 2.75) is 46.6 Å². The fourth-order valence-corrected chi connectivity index (χ4v) is 3.50. The van der Waals surface area contributed by atoms with Gasteiger partial charge in [0, 0.05) is 42.4 Å². The Hall–Kier alpha value is -1.95. The summed E-state index contributed by atoms with van der Waals surface area (Å²) in [7, 11) is 0. The standard InChI is InChI=1S/C21H34ClN5O/c1-6-23-20(25-13-19(28)26-21(3,4)5)24-12-16-9-10-27(14-16)18-11-17(22)8-7-15(18)2/h7-8,11,16H,6,9-10,12-14H2,1-5H3,(H,26,28)(H2,23,24,25). The van der Waals surface area contributed by atoms with E-state index < -0.39 is 0 Å². The summed E-state index contributed by atoms with van der Waals surface area (Å²) < 4.78 is 0. The molecule has 28 heavy (non-hydrogen) atoms. The molecule has 1 aromatic rings. The maximum Gasteiger partial charge on any atom is 0.242 e. The number of aryl methyl sites for hydroxylation is 1. The Balaban J connectivity index is 1.87. The number of nitrogens with zero attached hydrogens (tertiary/aromatic N) is 2. The van der Waals surface area contributed by atoms with Crippen LogP contribution in [-0.4, -0.2) is 50.1 Å². The van der Waals surface area contributed by atoms with Crippen molar-refractivity contribution >= 4 is 29.2 Å². The normalized spacial score (nSPS) is 17.6. The Bertz CT molecular complexity index is 699. The fraction of sp³-hybridized carbons (Fsp3) is 0.619. The molecule has 156 valence electrons. The quantitative estimate of drug-likeness (QED) is 0.501. The molecule has 0 aliphatic carbocycles. The lowest BCUT2D eigenvalue weighted by Gasteiger charge is -2.22. The van der Waals surface area contributed by atoms with E-state index in [1.807, 2.05) is 39.8 Å². The van der Waals surface area contributed by atoms with Crippen molar-refractivity contribution in [1.82, 2.24) is 16.0 Å². The molecule has 6 nitrogen and oxygen atoms in total.